The lowest BCUT2D eigenvalue weighted by atomic mass is 9.93. The second-order valence-electron chi connectivity index (χ2n) is 8.79. The average molecular weight is 432 g/mol. The normalized spacial score (nSPS) is 18.4. The summed E-state index contributed by atoms with van der Waals surface area (Å²) in [6.45, 7) is 13.0. The third kappa shape index (κ3) is 4.97. The van der Waals surface area contributed by atoms with E-state index in [4.69, 9.17) is 0 Å². The predicted octanol–water partition coefficient (Wildman–Crippen LogP) is 6.49. The highest BCUT2D eigenvalue weighted by atomic mass is 19.1. The molecule has 0 saturated carbocycles. The number of rotatable bonds is 7. The molecule has 4 heteroatoms. The second kappa shape index (κ2) is 10.2. The van der Waals surface area contributed by atoms with Gasteiger partial charge in [-0.2, -0.15) is 0 Å². The first-order valence-corrected chi connectivity index (χ1v) is 11.7. The third-order valence-corrected chi connectivity index (χ3v) is 6.70. The molecule has 0 amide bonds. The van der Waals surface area contributed by atoms with Crippen LogP contribution in [0.3, 0.4) is 0 Å². The summed E-state index contributed by atoms with van der Waals surface area (Å²) < 4.78 is 13.0. The maximum absolute atomic E-state index is 13.0. The lowest BCUT2D eigenvalue weighted by Crippen LogP contribution is -2.41. The molecular weight excluding hydrogens is 397 g/mol. The topological polar surface area (TPSA) is 9.72 Å². The van der Waals surface area contributed by atoms with Crippen molar-refractivity contribution >= 4 is 11.8 Å². The van der Waals surface area contributed by atoms with E-state index in [-0.39, 0.29) is 5.82 Å². The highest BCUT2D eigenvalue weighted by Crippen LogP contribution is 2.36. The van der Waals surface area contributed by atoms with Crippen LogP contribution in [0.15, 0.2) is 84.2 Å². The largest absolute Gasteiger partial charge is 0.297 e. The summed E-state index contributed by atoms with van der Waals surface area (Å²) in [5.74, 6) is 0.541. The number of likely N-dealkylation sites (N-methyl/N-ethyl adjacent to an activating group) is 1. The van der Waals surface area contributed by atoms with Crippen molar-refractivity contribution in [2.24, 2.45) is 5.92 Å². The molecule has 0 unspecified atom stereocenters. The minimum Gasteiger partial charge on any atom is -0.297 e. The molecule has 2 aliphatic heterocycles. The lowest BCUT2D eigenvalue weighted by molar-refractivity contribution is 0.183. The zero-order valence-corrected chi connectivity index (χ0v) is 19.3. The molecule has 0 bridgehead atoms. The third-order valence-electron chi connectivity index (χ3n) is 6.70. The molecule has 0 radical (unpaired) electrons. The summed E-state index contributed by atoms with van der Waals surface area (Å²) in [5.41, 5.74) is 5.97. The summed E-state index contributed by atoms with van der Waals surface area (Å²) in [5, 5.41) is 4.64. The minimum absolute atomic E-state index is 0.181. The van der Waals surface area contributed by atoms with Crippen LogP contribution < -0.4 is 5.01 Å². The van der Waals surface area contributed by atoms with Gasteiger partial charge in [-0.25, -0.2) is 4.39 Å². The van der Waals surface area contributed by atoms with Crippen LogP contribution in [-0.2, 0) is 0 Å². The number of para-hydroxylation sites is 1. The van der Waals surface area contributed by atoms with E-state index >= 15 is 0 Å². The smallest absolute Gasteiger partial charge is 0.123 e. The van der Waals surface area contributed by atoms with Gasteiger partial charge in [-0.3, -0.25) is 14.9 Å². The molecule has 2 aromatic carbocycles. The van der Waals surface area contributed by atoms with Gasteiger partial charge < -0.3 is 0 Å². The van der Waals surface area contributed by atoms with Crippen molar-refractivity contribution in [3.8, 4) is 0 Å². The van der Waals surface area contributed by atoms with Gasteiger partial charge in [0.05, 0.1) is 17.1 Å². The molecule has 0 atom stereocenters. The molecule has 32 heavy (non-hydrogen) atoms. The van der Waals surface area contributed by atoms with Crippen molar-refractivity contribution in [3.05, 3.63) is 95.6 Å². The first-order chi connectivity index (χ1) is 15.6. The fraction of sp³-hybridized carbons (Fsp3) is 0.357. The van der Waals surface area contributed by atoms with Crippen molar-refractivity contribution in [2.45, 2.75) is 33.1 Å². The Labute approximate surface area is 192 Å². The number of benzene rings is 2. The zero-order chi connectivity index (χ0) is 22.5. The van der Waals surface area contributed by atoms with Crippen molar-refractivity contribution in [1.29, 1.82) is 0 Å². The monoisotopic (exact) mass is 431 g/mol. The molecule has 2 heterocycles. The Kier molecular flexibility index (Phi) is 7.11. The summed E-state index contributed by atoms with van der Waals surface area (Å²) in [4.78, 5) is 2.59. The fourth-order valence-electron chi connectivity index (χ4n) is 4.74. The van der Waals surface area contributed by atoms with Crippen LogP contribution in [0.25, 0.3) is 6.08 Å². The molecule has 1 fully saturated rings. The lowest BCUT2D eigenvalue weighted by Gasteiger charge is -2.37. The molecule has 0 aromatic heterocycles. The van der Waals surface area contributed by atoms with Gasteiger partial charge in [-0.05, 0) is 87.5 Å². The standard InChI is InChI=1S/C28H34FN3/c1-4-31-28(22(2)23(3)32(31)27-11-6-5-7-12-27)21-30-19-17-25(18-20-30)10-8-9-24-13-15-26(29)16-14-24/h5-9,11-16,25H,3-4,10,17-21H2,1-2H3/b9-8+. The van der Waals surface area contributed by atoms with E-state index in [1.807, 2.05) is 12.1 Å². The molecular formula is C28H34FN3. The highest BCUT2D eigenvalue weighted by Gasteiger charge is 2.32. The number of anilines is 1. The van der Waals surface area contributed by atoms with Crippen LogP contribution in [0.4, 0.5) is 10.1 Å². The number of allylic oxidation sites excluding steroid dienone is 2. The molecule has 0 N–H and O–H groups in total. The zero-order valence-electron chi connectivity index (χ0n) is 19.3. The van der Waals surface area contributed by atoms with Crippen molar-refractivity contribution < 1.29 is 4.39 Å². The number of likely N-dealkylation sites (tertiary alicyclic amines) is 1. The Balaban J connectivity index is 1.32. The van der Waals surface area contributed by atoms with Gasteiger partial charge >= 0.3 is 0 Å². The summed E-state index contributed by atoms with van der Waals surface area (Å²) in [6.07, 6.45) is 7.89. The summed E-state index contributed by atoms with van der Waals surface area (Å²) in [6, 6.07) is 17.2. The van der Waals surface area contributed by atoms with Gasteiger partial charge in [0.1, 0.15) is 5.82 Å². The van der Waals surface area contributed by atoms with Gasteiger partial charge in [0.2, 0.25) is 0 Å². The average Bonchev–Trinajstić information content (AvgIpc) is 3.06. The maximum atomic E-state index is 13.0. The van der Waals surface area contributed by atoms with Crippen molar-refractivity contribution in [1.82, 2.24) is 9.91 Å². The number of halogens is 1. The van der Waals surface area contributed by atoms with Crippen LogP contribution in [0.2, 0.25) is 0 Å². The Bertz CT molecular complexity index is 969. The predicted molar refractivity (Wildman–Crippen MR) is 132 cm³/mol. The minimum atomic E-state index is -0.181. The molecule has 3 nitrogen and oxygen atoms in total. The van der Waals surface area contributed by atoms with Gasteiger partial charge in [0.15, 0.2) is 0 Å². The van der Waals surface area contributed by atoms with Crippen LogP contribution in [0.1, 0.15) is 38.7 Å². The Hall–Kier alpha value is -2.85. The van der Waals surface area contributed by atoms with E-state index in [1.165, 1.54) is 41.9 Å². The molecule has 2 aromatic rings. The Morgan fingerprint density at radius 3 is 2.38 bits per heavy atom. The summed E-state index contributed by atoms with van der Waals surface area (Å²) in [7, 11) is 0. The number of piperidine rings is 1. The van der Waals surface area contributed by atoms with Gasteiger partial charge in [-0.1, -0.05) is 49.1 Å². The molecule has 0 spiro atoms. The van der Waals surface area contributed by atoms with Crippen LogP contribution in [-0.4, -0.2) is 36.1 Å². The number of hydrogen-bond acceptors (Lipinski definition) is 3. The van der Waals surface area contributed by atoms with Crippen LogP contribution in [0, 0.1) is 11.7 Å². The van der Waals surface area contributed by atoms with Crippen molar-refractivity contribution in [2.75, 3.05) is 31.2 Å². The van der Waals surface area contributed by atoms with E-state index in [2.05, 4.69) is 77.8 Å². The van der Waals surface area contributed by atoms with E-state index in [0.29, 0.717) is 0 Å². The van der Waals surface area contributed by atoms with E-state index in [9.17, 15) is 4.39 Å². The Morgan fingerprint density at radius 2 is 1.72 bits per heavy atom. The maximum Gasteiger partial charge on any atom is 0.123 e. The second-order valence-corrected chi connectivity index (χ2v) is 8.79. The highest BCUT2D eigenvalue weighted by molar-refractivity contribution is 5.59. The van der Waals surface area contributed by atoms with E-state index < -0.39 is 0 Å². The molecule has 4 rings (SSSR count). The first-order valence-electron chi connectivity index (χ1n) is 11.7. The molecule has 168 valence electrons. The van der Waals surface area contributed by atoms with Crippen LogP contribution in [0.5, 0.6) is 0 Å². The fourth-order valence-corrected chi connectivity index (χ4v) is 4.74. The molecule has 1 saturated heterocycles. The molecule has 2 aliphatic rings. The van der Waals surface area contributed by atoms with Gasteiger partial charge in [-0.15, -0.1) is 0 Å². The number of hydrogen-bond donors (Lipinski definition) is 0. The van der Waals surface area contributed by atoms with Crippen LogP contribution >= 0.6 is 0 Å². The number of nitrogens with zero attached hydrogens (tertiary/aromatic N) is 3. The van der Waals surface area contributed by atoms with E-state index in [1.54, 1.807) is 0 Å². The van der Waals surface area contributed by atoms with Gasteiger partial charge in [0, 0.05) is 13.1 Å². The van der Waals surface area contributed by atoms with Gasteiger partial charge in [0.25, 0.3) is 0 Å². The SMILES string of the molecule is C=C1C(C)=C(CN2CCC(C/C=C/c3ccc(F)cc3)CC2)N(CC)N1c1ccccc1. The Morgan fingerprint density at radius 1 is 1.03 bits per heavy atom. The van der Waals surface area contributed by atoms with E-state index in [0.717, 1.165) is 49.8 Å². The molecule has 0 aliphatic carbocycles. The summed E-state index contributed by atoms with van der Waals surface area (Å²) >= 11 is 0. The van der Waals surface area contributed by atoms with Crippen molar-refractivity contribution in [3.63, 3.8) is 0 Å². The first kappa shape index (κ1) is 22.3. The quantitative estimate of drug-likeness (QED) is 0.496. The number of hydrazine groups is 1.